The Balaban J connectivity index is -0.00000000800. The summed E-state index contributed by atoms with van der Waals surface area (Å²) in [5, 5.41) is 0. The van der Waals surface area contributed by atoms with Crippen molar-refractivity contribution in [2.45, 2.75) is 0 Å². The minimum absolute atomic E-state index is 0. The summed E-state index contributed by atoms with van der Waals surface area (Å²) in [5.41, 5.74) is 0. The van der Waals surface area contributed by atoms with Crippen molar-refractivity contribution < 1.29 is 58.1 Å². The number of rotatable bonds is 0. The molecule has 44 valence electrons. The normalized spacial score (nSPS) is 7.25. The monoisotopic (exact) mass is 148 g/mol. The predicted molar refractivity (Wildman–Crippen MR) is 26.8 cm³/mol. The minimum Gasteiger partial charge on any atom is -1.00 e. The van der Waals surface area contributed by atoms with Gasteiger partial charge >= 0.3 is 48.1 Å². The number of hydrogen-bond acceptors (Lipinski definition) is 2. The van der Waals surface area contributed by atoms with E-state index < -0.39 is 10.4 Å². The molecular formula is H6Li2O4S2. The van der Waals surface area contributed by atoms with Crippen molar-refractivity contribution in [2.24, 2.45) is 0 Å². The Hall–Kier alpha value is 1.41. The van der Waals surface area contributed by atoms with Crippen LogP contribution in [-0.2, 0) is 10.4 Å². The molecule has 0 spiro atoms. The summed E-state index contributed by atoms with van der Waals surface area (Å²) in [6.07, 6.45) is 0. The Morgan fingerprint density at radius 2 is 1.12 bits per heavy atom. The average molecular weight is 148 g/mol. The van der Waals surface area contributed by atoms with Crippen LogP contribution < -0.4 is 37.7 Å². The topological polar surface area (TPSA) is 74.6 Å². The molecule has 4 nitrogen and oxygen atoms in total. The summed E-state index contributed by atoms with van der Waals surface area (Å²) in [5.74, 6) is 0. The Labute approximate surface area is 81.8 Å². The number of hydrogen-bond donors (Lipinski definition) is 2. The van der Waals surface area contributed by atoms with Crippen molar-refractivity contribution in [1.29, 1.82) is 0 Å². The second-order valence-electron chi connectivity index (χ2n) is 0.448. The van der Waals surface area contributed by atoms with E-state index in [0.717, 1.165) is 0 Å². The van der Waals surface area contributed by atoms with Gasteiger partial charge in [0.25, 0.3) is 0 Å². The van der Waals surface area contributed by atoms with E-state index in [4.69, 9.17) is 17.5 Å². The molecule has 0 saturated heterocycles. The van der Waals surface area contributed by atoms with Crippen LogP contribution in [0.15, 0.2) is 0 Å². The predicted octanol–water partition coefficient (Wildman–Crippen LogP) is -6.31. The van der Waals surface area contributed by atoms with Crippen molar-refractivity contribution in [3.8, 4) is 0 Å². The van der Waals surface area contributed by atoms with Gasteiger partial charge in [-0.05, 0) is 0 Å². The summed E-state index contributed by atoms with van der Waals surface area (Å²) in [4.78, 5) is 0. The third kappa shape index (κ3) is 152. The van der Waals surface area contributed by atoms with E-state index in [1.807, 2.05) is 0 Å². The third-order valence-electron chi connectivity index (χ3n) is 0. The zero-order valence-corrected chi connectivity index (χ0v) is 6.44. The maximum absolute atomic E-state index is 8.74. The summed E-state index contributed by atoms with van der Waals surface area (Å²) in [6, 6.07) is 0. The molecule has 0 aliphatic carbocycles. The van der Waals surface area contributed by atoms with Gasteiger partial charge in [0.15, 0.2) is 0 Å². The van der Waals surface area contributed by atoms with Crippen LogP contribution in [-0.4, -0.2) is 17.5 Å². The molecule has 0 aliphatic heterocycles. The quantitative estimate of drug-likeness (QED) is 0.264. The Morgan fingerprint density at radius 1 is 1.12 bits per heavy atom. The summed E-state index contributed by atoms with van der Waals surface area (Å²) in [6.45, 7) is 0. The fourth-order valence-corrected chi connectivity index (χ4v) is 0. The maximum atomic E-state index is 8.74. The van der Waals surface area contributed by atoms with Crippen LogP contribution in [0.25, 0.3) is 0 Å². The van der Waals surface area contributed by atoms with Gasteiger partial charge in [0.05, 0.1) is 0 Å². The molecule has 2 N–H and O–H groups in total. The zero-order chi connectivity index (χ0) is 4.50. The van der Waals surface area contributed by atoms with Crippen LogP contribution in [0, 0.1) is 0 Å². The van der Waals surface area contributed by atoms with E-state index in [2.05, 4.69) is 0 Å². The molecule has 0 amide bonds. The van der Waals surface area contributed by atoms with Gasteiger partial charge in [-0.15, -0.1) is 0 Å². The van der Waals surface area contributed by atoms with E-state index in [-0.39, 0.29) is 54.1 Å². The molecule has 0 atom stereocenters. The van der Waals surface area contributed by atoms with Crippen LogP contribution in [0.2, 0.25) is 0 Å². The van der Waals surface area contributed by atoms with Crippen molar-refractivity contribution in [3.63, 3.8) is 0 Å². The van der Waals surface area contributed by atoms with Gasteiger partial charge in [-0.25, -0.2) is 0 Å². The van der Waals surface area contributed by atoms with Crippen LogP contribution in [0.4, 0.5) is 0 Å². The van der Waals surface area contributed by atoms with Gasteiger partial charge in [0.2, 0.25) is 0 Å². The zero-order valence-electron chi connectivity index (χ0n) is 6.62. The third-order valence-corrected chi connectivity index (χ3v) is 0. The largest absolute Gasteiger partial charge is 1.00 e. The fourth-order valence-electron chi connectivity index (χ4n) is 0. The molecule has 0 radical (unpaired) electrons. The second kappa shape index (κ2) is 8.41. The van der Waals surface area contributed by atoms with Crippen LogP contribution in [0.5, 0.6) is 0 Å². The van der Waals surface area contributed by atoms with Crippen molar-refractivity contribution >= 4 is 23.9 Å². The molecule has 8 heavy (non-hydrogen) atoms. The van der Waals surface area contributed by atoms with Crippen molar-refractivity contribution in [1.82, 2.24) is 0 Å². The smallest absolute Gasteiger partial charge is 1.00 e. The Kier molecular flexibility index (Phi) is 23.9. The van der Waals surface area contributed by atoms with E-state index in [9.17, 15) is 0 Å². The molecule has 8 heteroatoms. The Morgan fingerprint density at radius 3 is 1.12 bits per heavy atom. The van der Waals surface area contributed by atoms with Gasteiger partial charge in [0.1, 0.15) is 0 Å². The summed E-state index contributed by atoms with van der Waals surface area (Å²) in [7, 11) is -4.67. The average Bonchev–Trinajstić information content (AvgIpc) is 0.722. The first-order valence-corrected chi connectivity index (χ1v) is 2.10. The van der Waals surface area contributed by atoms with Gasteiger partial charge < -0.3 is 2.85 Å². The van der Waals surface area contributed by atoms with Gasteiger partial charge in [0, 0.05) is 0 Å². The van der Waals surface area contributed by atoms with Crippen molar-refractivity contribution in [2.75, 3.05) is 0 Å². The van der Waals surface area contributed by atoms with Gasteiger partial charge in [-0.1, -0.05) is 0 Å². The van der Waals surface area contributed by atoms with Crippen LogP contribution >= 0.6 is 13.5 Å². The fraction of sp³-hybridized carbons (Fsp3) is 0. The first-order chi connectivity index (χ1) is 2.00. The van der Waals surface area contributed by atoms with Gasteiger partial charge in [-0.2, -0.15) is 21.9 Å². The first-order valence-electron chi connectivity index (χ1n) is 0.698. The van der Waals surface area contributed by atoms with E-state index in [0.29, 0.717) is 0 Å². The standard InChI is InChI=1S/2Li.H2O4S.H2S.2H/c;;1-5(2,3)4;;;/h;;(H2,1,2,3,4);1H2;;/q2*+1;;;2*-1. The molecule has 0 fully saturated rings. The van der Waals surface area contributed by atoms with E-state index in [1.165, 1.54) is 0 Å². The van der Waals surface area contributed by atoms with Crippen molar-refractivity contribution in [3.05, 3.63) is 0 Å². The second-order valence-corrected chi connectivity index (χ2v) is 1.34. The molecule has 0 unspecified atom stereocenters. The molecule has 0 aromatic rings. The molecule has 0 bridgehead atoms. The van der Waals surface area contributed by atoms with Crippen LogP contribution in [0.1, 0.15) is 2.85 Å². The molecule has 0 saturated carbocycles. The molecule has 0 aromatic heterocycles. The Bertz CT molecular complexity index is 102. The van der Waals surface area contributed by atoms with Gasteiger partial charge in [-0.3, -0.25) is 9.11 Å². The van der Waals surface area contributed by atoms with E-state index in [1.54, 1.807) is 0 Å². The molecule has 0 aliphatic rings. The van der Waals surface area contributed by atoms with Crippen LogP contribution in [0.3, 0.4) is 0 Å². The maximum Gasteiger partial charge on any atom is 1.00 e. The summed E-state index contributed by atoms with van der Waals surface area (Å²) >= 11 is 0. The summed E-state index contributed by atoms with van der Waals surface area (Å²) < 4.78 is 31.6. The SMILES string of the molecule is O=S(=O)(O)O.S.[H-].[H-].[Li+].[Li+]. The molecular weight excluding hydrogens is 142 g/mol. The molecule has 0 aromatic carbocycles. The molecule has 0 rings (SSSR count). The first kappa shape index (κ1) is 22.7. The molecule has 0 heterocycles. The minimum atomic E-state index is -4.67. The van der Waals surface area contributed by atoms with E-state index >= 15 is 0 Å².